The molecule has 106 valence electrons. The fraction of sp³-hybridized carbons (Fsp3) is 0.167. The molecule has 0 fully saturated rings. The highest BCUT2D eigenvalue weighted by molar-refractivity contribution is 7.09. The molecule has 2 nitrogen and oxygen atoms in total. The molecule has 3 aromatic rings. The van der Waals surface area contributed by atoms with Crippen molar-refractivity contribution in [2.75, 3.05) is 0 Å². The lowest BCUT2D eigenvalue weighted by atomic mass is 10.0. The predicted octanol–water partition coefficient (Wildman–Crippen LogP) is 4.66. The molecule has 0 spiro atoms. The highest BCUT2D eigenvalue weighted by Crippen LogP contribution is 2.20. The third-order valence-corrected chi connectivity index (χ3v) is 4.45. The Bertz CT molecular complexity index is 660. The molecular formula is C18H18N2S. The average Bonchev–Trinajstić information content (AvgIpc) is 3.08. The van der Waals surface area contributed by atoms with E-state index in [9.17, 15) is 0 Å². The minimum atomic E-state index is 0.291. The fourth-order valence-corrected chi connectivity index (χ4v) is 2.92. The van der Waals surface area contributed by atoms with E-state index >= 15 is 0 Å². The van der Waals surface area contributed by atoms with Crippen molar-refractivity contribution in [3.8, 4) is 11.1 Å². The molecule has 1 N–H and O–H groups in total. The van der Waals surface area contributed by atoms with Crippen LogP contribution in [0.3, 0.4) is 0 Å². The first-order valence-electron chi connectivity index (χ1n) is 7.10. The van der Waals surface area contributed by atoms with Crippen molar-refractivity contribution in [1.29, 1.82) is 0 Å². The summed E-state index contributed by atoms with van der Waals surface area (Å²) in [6, 6.07) is 19.5. The Labute approximate surface area is 129 Å². The lowest BCUT2D eigenvalue weighted by Crippen LogP contribution is -2.17. The molecule has 0 radical (unpaired) electrons. The Morgan fingerprint density at radius 3 is 2.38 bits per heavy atom. The first-order chi connectivity index (χ1) is 10.3. The van der Waals surface area contributed by atoms with E-state index in [0.29, 0.717) is 6.04 Å². The third-order valence-electron chi connectivity index (χ3n) is 3.50. The van der Waals surface area contributed by atoms with Gasteiger partial charge in [0.1, 0.15) is 5.01 Å². The van der Waals surface area contributed by atoms with Crippen LogP contribution in [0.4, 0.5) is 0 Å². The Hall–Kier alpha value is -1.97. The Kier molecular flexibility index (Phi) is 4.43. The second-order valence-corrected chi connectivity index (χ2v) is 5.96. The molecule has 1 heterocycles. The average molecular weight is 294 g/mol. The number of benzene rings is 2. The first kappa shape index (κ1) is 14.0. The molecule has 0 saturated carbocycles. The summed E-state index contributed by atoms with van der Waals surface area (Å²) in [6.07, 6.45) is 1.85. The van der Waals surface area contributed by atoms with E-state index in [-0.39, 0.29) is 0 Å². The van der Waals surface area contributed by atoms with Gasteiger partial charge in [0.05, 0.1) is 6.04 Å². The summed E-state index contributed by atoms with van der Waals surface area (Å²) < 4.78 is 0. The van der Waals surface area contributed by atoms with E-state index in [1.165, 1.54) is 16.7 Å². The molecule has 21 heavy (non-hydrogen) atoms. The van der Waals surface area contributed by atoms with Crippen LogP contribution in [0.15, 0.2) is 66.2 Å². The van der Waals surface area contributed by atoms with E-state index in [1.807, 2.05) is 17.6 Å². The molecule has 0 aliphatic carbocycles. The molecule has 0 saturated heterocycles. The number of hydrogen-bond donors (Lipinski definition) is 1. The normalized spacial score (nSPS) is 12.2. The first-order valence-corrected chi connectivity index (χ1v) is 7.98. The van der Waals surface area contributed by atoms with Gasteiger partial charge in [0.2, 0.25) is 0 Å². The van der Waals surface area contributed by atoms with Crippen molar-refractivity contribution in [3.05, 3.63) is 76.7 Å². The van der Waals surface area contributed by atoms with Crippen molar-refractivity contribution in [2.24, 2.45) is 0 Å². The minimum absolute atomic E-state index is 0.291. The lowest BCUT2D eigenvalue weighted by Gasteiger charge is -2.11. The number of thiazole rings is 1. The van der Waals surface area contributed by atoms with Gasteiger partial charge in [0.15, 0.2) is 0 Å². The summed E-state index contributed by atoms with van der Waals surface area (Å²) in [5, 5.41) is 6.66. The fourth-order valence-electron chi connectivity index (χ4n) is 2.25. The van der Waals surface area contributed by atoms with E-state index in [2.05, 4.69) is 65.8 Å². The van der Waals surface area contributed by atoms with Gasteiger partial charge >= 0.3 is 0 Å². The topological polar surface area (TPSA) is 24.9 Å². The molecule has 1 atom stereocenters. The smallest absolute Gasteiger partial charge is 0.109 e. The van der Waals surface area contributed by atoms with Gasteiger partial charge in [-0.2, -0.15) is 0 Å². The zero-order chi connectivity index (χ0) is 14.5. The van der Waals surface area contributed by atoms with Gasteiger partial charge in [-0.3, -0.25) is 0 Å². The van der Waals surface area contributed by atoms with Crippen molar-refractivity contribution in [2.45, 2.75) is 19.5 Å². The maximum absolute atomic E-state index is 4.34. The standard InChI is InChI=1S/C18H18N2S/c1-14(18-19-11-12-21-18)20-13-15-7-9-17(10-8-15)16-5-3-2-4-6-16/h2-12,14,20H,13H2,1H3. The second-order valence-electron chi connectivity index (χ2n) is 5.04. The van der Waals surface area contributed by atoms with Crippen LogP contribution < -0.4 is 5.32 Å². The second kappa shape index (κ2) is 6.66. The van der Waals surface area contributed by atoms with Gasteiger partial charge in [-0.25, -0.2) is 4.98 Å². The summed E-state index contributed by atoms with van der Waals surface area (Å²) in [5.41, 5.74) is 3.80. The van der Waals surface area contributed by atoms with Crippen LogP contribution in [-0.4, -0.2) is 4.98 Å². The van der Waals surface area contributed by atoms with Crippen LogP contribution in [-0.2, 0) is 6.54 Å². The van der Waals surface area contributed by atoms with E-state index in [0.717, 1.165) is 11.6 Å². The maximum Gasteiger partial charge on any atom is 0.109 e. The number of hydrogen-bond acceptors (Lipinski definition) is 3. The molecule has 1 unspecified atom stereocenters. The van der Waals surface area contributed by atoms with Crippen molar-refractivity contribution < 1.29 is 0 Å². The van der Waals surface area contributed by atoms with Gasteiger partial charge in [-0.15, -0.1) is 11.3 Å². The van der Waals surface area contributed by atoms with Gasteiger partial charge in [0, 0.05) is 18.1 Å². The molecular weight excluding hydrogens is 276 g/mol. The quantitative estimate of drug-likeness (QED) is 0.740. The highest BCUT2D eigenvalue weighted by atomic mass is 32.1. The van der Waals surface area contributed by atoms with E-state index < -0.39 is 0 Å². The molecule has 0 bridgehead atoms. The summed E-state index contributed by atoms with van der Waals surface area (Å²) in [5.74, 6) is 0. The van der Waals surface area contributed by atoms with Crippen molar-refractivity contribution >= 4 is 11.3 Å². The van der Waals surface area contributed by atoms with Crippen LogP contribution in [0.5, 0.6) is 0 Å². The summed E-state index contributed by atoms with van der Waals surface area (Å²) >= 11 is 1.69. The minimum Gasteiger partial charge on any atom is -0.304 e. The van der Waals surface area contributed by atoms with Crippen LogP contribution in [0.25, 0.3) is 11.1 Å². The molecule has 3 rings (SSSR count). The predicted molar refractivity (Wildman–Crippen MR) is 89.2 cm³/mol. The molecule has 3 heteroatoms. The Morgan fingerprint density at radius 1 is 1.00 bits per heavy atom. The maximum atomic E-state index is 4.34. The lowest BCUT2D eigenvalue weighted by molar-refractivity contribution is 0.572. The third kappa shape index (κ3) is 3.57. The van der Waals surface area contributed by atoms with Crippen LogP contribution in [0, 0.1) is 0 Å². The molecule has 0 amide bonds. The summed E-state index contributed by atoms with van der Waals surface area (Å²) in [4.78, 5) is 4.34. The highest BCUT2D eigenvalue weighted by Gasteiger charge is 2.07. The van der Waals surface area contributed by atoms with Gasteiger partial charge in [-0.05, 0) is 23.6 Å². The van der Waals surface area contributed by atoms with Gasteiger partial charge < -0.3 is 5.32 Å². The van der Waals surface area contributed by atoms with Crippen molar-refractivity contribution in [3.63, 3.8) is 0 Å². The van der Waals surface area contributed by atoms with Crippen LogP contribution in [0.2, 0.25) is 0 Å². The molecule has 0 aliphatic heterocycles. The Balaban J connectivity index is 1.62. The van der Waals surface area contributed by atoms with E-state index in [4.69, 9.17) is 0 Å². The monoisotopic (exact) mass is 294 g/mol. The molecule has 0 aliphatic rings. The largest absolute Gasteiger partial charge is 0.304 e. The molecule has 1 aromatic heterocycles. The Morgan fingerprint density at radius 2 is 1.71 bits per heavy atom. The van der Waals surface area contributed by atoms with Crippen LogP contribution in [0.1, 0.15) is 23.5 Å². The van der Waals surface area contributed by atoms with Crippen LogP contribution >= 0.6 is 11.3 Å². The summed E-state index contributed by atoms with van der Waals surface area (Å²) in [7, 11) is 0. The number of nitrogens with zero attached hydrogens (tertiary/aromatic N) is 1. The SMILES string of the molecule is CC(NCc1ccc(-c2ccccc2)cc1)c1nccs1. The van der Waals surface area contributed by atoms with Gasteiger partial charge in [0.25, 0.3) is 0 Å². The van der Waals surface area contributed by atoms with E-state index in [1.54, 1.807) is 11.3 Å². The number of rotatable bonds is 5. The number of aromatic nitrogens is 1. The number of nitrogens with one attached hydrogen (secondary N) is 1. The van der Waals surface area contributed by atoms with Crippen molar-refractivity contribution in [1.82, 2.24) is 10.3 Å². The molecule has 2 aromatic carbocycles. The zero-order valence-corrected chi connectivity index (χ0v) is 12.8. The van der Waals surface area contributed by atoms with Gasteiger partial charge in [-0.1, -0.05) is 54.6 Å². The zero-order valence-electron chi connectivity index (χ0n) is 12.0. The summed E-state index contributed by atoms with van der Waals surface area (Å²) in [6.45, 7) is 3.01.